The van der Waals surface area contributed by atoms with Gasteiger partial charge in [-0.3, -0.25) is 15.6 Å². The smallest absolute Gasteiger partial charge is 0.140 e. The molecule has 0 atom stereocenters. The van der Waals surface area contributed by atoms with Gasteiger partial charge in [0.05, 0.1) is 45.9 Å². The van der Waals surface area contributed by atoms with E-state index in [-0.39, 0.29) is 0 Å². The third kappa shape index (κ3) is 20.9. The van der Waals surface area contributed by atoms with Gasteiger partial charge in [0.15, 0.2) is 0 Å². The molecule has 8 aromatic rings. The van der Waals surface area contributed by atoms with Crippen molar-refractivity contribution in [2.75, 3.05) is 45.2 Å². The molecule has 8 aliphatic heterocycles. The number of hydrogen-bond donors (Lipinski definition) is 4. The van der Waals surface area contributed by atoms with Crippen molar-refractivity contribution in [2.24, 2.45) is 0 Å². The van der Waals surface area contributed by atoms with E-state index in [0.717, 1.165) is 128 Å². The summed E-state index contributed by atoms with van der Waals surface area (Å²) in [4.78, 5) is 9.57. The van der Waals surface area contributed by atoms with E-state index in [1.807, 2.05) is 122 Å². The Morgan fingerprint density at radius 3 is 1.53 bits per heavy atom. The molecule has 5 aromatic heterocycles. The maximum absolute atomic E-state index is 5.30. The second-order valence-electron chi connectivity index (χ2n) is 17.7. The SMILES string of the molecule is CC.CC.CC.CC.c1cc2c(cn1)OCC2.c1cc2n(c1)CCNC2.c1cc2n(c1)CNC2.c1cc2n(c1)CNCC2.c1ccc2c(c1)CCO2.c1ccc2c(c1)CCO2.c1ccc2c(c1)CCS2.c1cn2c(n1)CNCC2. The summed E-state index contributed by atoms with van der Waals surface area (Å²) < 4.78 is 24.7. The second-order valence-corrected chi connectivity index (χ2v) is 18.9. The van der Waals surface area contributed by atoms with Crippen LogP contribution in [0.2, 0.25) is 0 Å². The van der Waals surface area contributed by atoms with Crippen molar-refractivity contribution in [3.8, 4) is 17.2 Å². The average molecular weight is 1090 g/mol. The van der Waals surface area contributed by atoms with Gasteiger partial charge in [0, 0.05) is 142 Å². The Balaban J connectivity index is 0.000000163. The third-order valence-electron chi connectivity index (χ3n) is 13.0. The zero-order valence-electron chi connectivity index (χ0n) is 48.8. The van der Waals surface area contributed by atoms with Crippen molar-refractivity contribution < 1.29 is 14.2 Å². The first-order valence-electron chi connectivity index (χ1n) is 29.2. The highest BCUT2D eigenvalue weighted by Gasteiger charge is 2.12. The number of thioether (sulfide) groups is 1. The van der Waals surface area contributed by atoms with Gasteiger partial charge < -0.3 is 43.1 Å². The number of fused-ring (bicyclic) bond motifs is 8. The molecule has 16 rings (SSSR count). The number of ether oxygens (including phenoxy) is 3. The highest BCUT2D eigenvalue weighted by molar-refractivity contribution is 7.99. The van der Waals surface area contributed by atoms with Crippen molar-refractivity contribution in [2.45, 2.75) is 138 Å². The Morgan fingerprint density at radius 2 is 0.937 bits per heavy atom. The molecule has 3 aromatic carbocycles. The number of benzene rings is 3. The van der Waals surface area contributed by atoms with E-state index in [0.29, 0.717) is 0 Å². The number of imidazole rings is 1. The summed E-state index contributed by atoms with van der Waals surface area (Å²) in [7, 11) is 0. The molecule has 0 saturated carbocycles. The van der Waals surface area contributed by atoms with Crippen LogP contribution in [-0.2, 0) is 78.2 Å². The number of pyridine rings is 1. The molecule has 4 N–H and O–H groups in total. The first kappa shape index (κ1) is 63.3. The monoisotopic (exact) mass is 1090 g/mol. The molecule has 0 amide bonds. The van der Waals surface area contributed by atoms with Crippen molar-refractivity contribution in [1.82, 2.24) is 49.5 Å². The number of aryl methyl sites for hydroxylation is 1. The third-order valence-corrected chi connectivity index (χ3v) is 14.1. The Hall–Kier alpha value is -6.55. The van der Waals surface area contributed by atoms with E-state index in [1.165, 1.54) is 62.8 Å². The van der Waals surface area contributed by atoms with Crippen molar-refractivity contribution in [1.29, 1.82) is 0 Å². The lowest BCUT2D eigenvalue weighted by molar-refractivity contribution is 0.355. The molecule has 0 fully saturated rings. The molecular formula is C65H92N10O3S. The number of nitrogens with zero attached hydrogens (tertiary/aromatic N) is 6. The van der Waals surface area contributed by atoms with Crippen molar-refractivity contribution >= 4 is 11.8 Å². The topological polar surface area (TPSA) is 121 Å². The van der Waals surface area contributed by atoms with Gasteiger partial charge in [-0.1, -0.05) is 110 Å². The van der Waals surface area contributed by atoms with E-state index in [4.69, 9.17) is 14.2 Å². The molecule has 14 heteroatoms. The van der Waals surface area contributed by atoms with Crippen LogP contribution in [0, 0.1) is 0 Å². The maximum Gasteiger partial charge on any atom is 0.140 e. The van der Waals surface area contributed by atoms with Crippen molar-refractivity contribution in [3.05, 3.63) is 204 Å². The fourth-order valence-corrected chi connectivity index (χ4v) is 10.1. The maximum atomic E-state index is 5.30. The van der Waals surface area contributed by atoms with Crippen LogP contribution in [0.3, 0.4) is 0 Å². The normalized spacial score (nSPS) is 14.7. The predicted octanol–water partition coefficient (Wildman–Crippen LogP) is 12.4. The van der Waals surface area contributed by atoms with Gasteiger partial charge in [-0.15, -0.1) is 11.8 Å². The summed E-state index contributed by atoms with van der Waals surface area (Å²) in [5.74, 6) is 5.52. The molecule has 8 aliphatic rings. The minimum absolute atomic E-state index is 0.820. The lowest BCUT2D eigenvalue weighted by Crippen LogP contribution is -2.27. The van der Waals surface area contributed by atoms with Gasteiger partial charge in [-0.25, -0.2) is 4.98 Å². The van der Waals surface area contributed by atoms with Crippen LogP contribution in [0.1, 0.15) is 101 Å². The van der Waals surface area contributed by atoms with Crippen LogP contribution < -0.4 is 35.5 Å². The fourth-order valence-electron chi connectivity index (χ4n) is 9.05. The van der Waals surface area contributed by atoms with Gasteiger partial charge >= 0.3 is 0 Å². The van der Waals surface area contributed by atoms with Crippen LogP contribution in [0.25, 0.3) is 0 Å². The standard InChI is InChI=1S/2C8H8O.C8H8S.2C7H10N2.C7H7NO.C6H9N3.C6H8N2.4C2H6/c3*1-2-4-8-7(3-1)5-6-9-8;1-2-7-3-4-8-6-9(7)5-1;1-2-7-6-8-3-5-9(7)4-1;1-3-8-5-7-6(1)2-4-9-7;1-3-9-4-2-8-6(9)5-7-1;1-2-6-4-7-5-8(6)3-1;4*1-2/h3*1-4H,5-6H2;1-2,5,8H,3-4,6H2;1-2,4,8H,3,5-6H2;1,3,5H,2,4H2;2,4,7H,1,3,5H2;1-3,7H,4-5H2;4*1-2H3. The Morgan fingerprint density at radius 1 is 0.418 bits per heavy atom. The van der Waals surface area contributed by atoms with Crippen molar-refractivity contribution in [3.63, 3.8) is 0 Å². The molecule has 0 unspecified atom stereocenters. The molecule has 0 bridgehead atoms. The second kappa shape index (κ2) is 38.1. The molecule has 0 saturated heterocycles. The van der Waals surface area contributed by atoms with Gasteiger partial charge in [0.25, 0.3) is 0 Å². The van der Waals surface area contributed by atoms with Gasteiger partial charge in [-0.2, -0.15) is 0 Å². The molecule has 0 radical (unpaired) electrons. The summed E-state index contributed by atoms with van der Waals surface area (Å²) in [6.45, 7) is 29.0. The van der Waals surface area contributed by atoms with E-state index in [1.54, 1.807) is 12.4 Å². The molecule has 13 heterocycles. The van der Waals surface area contributed by atoms with Gasteiger partial charge in [0.1, 0.15) is 23.1 Å². The molecule has 0 spiro atoms. The number of aromatic nitrogens is 6. The highest BCUT2D eigenvalue weighted by Crippen LogP contribution is 2.30. The summed E-state index contributed by atoms with van der Waals surface area (Å²) >= 11 is 1.97. The zero-order chi connectivity index (χ0) is 56.1. The average Bonchev–Trinajstić information content (AvgIpc) is 4.38. The van der Waals surface area contributed by atoms with E-state index in [2.05, 4.69) is 141 Å². The quantitative estimate of drug-likeness (QED) is 0.117. The van der Waals surface area contributed by atoms with Gasteiger partial charge in [-0.05, 0) is 83.8 Å². The lowest BCUT2D eigenvalue weighted by atomic mass is 10.2. The summed E-state index contributed by atoms with van der Waals surface area (Å²) in [5.41, 5.74) is 9.75. The molecule has 13 nitrogen and oxygen atoms in total. The van der Waals surface area contributed by atoms with Crippen LogP contribution in [0.15, 0.2) is 164 Å². The van der Waals surface area contributed by atoms with Crippen LogP contribution in [0.5, 0.6) is 17.2 Å². The predicted molar refractivity (Wildman–Crippen MR) is 328 cm³/mol. The number of rotatable bonds is 0. The van der Waals surface area contributed by atoms with E-state index >= 15 is 0 Å². The summed E-state index contributed by atoms with van der Waals surface area (Å²) in [5, 5.41) is 13.1. The largest absolute Gasteiger partial charge is 0.493 e. The Labute approximate surface area is 477 Å². The highest BCUT2D eigenvalue weighted by atomic mass is 32.2. The lowest BCUT2D eigenvalue weighted by Gasteiger charge is -2.15. The van der Waals surface area contributed by atoms with Crippen LogP contribution in [-0.4, -0.2) is 73.4 Å². The molecule has 0 aliphatic carbocycles. The minimum Gasteiger partial charge on any atom is -0.493 e. The van der Waals surface area contributed by atoms with E-state index in [9.17, 15) is 0 Å². The molecular weight excluding hydrogens is 1000 g/mol. The Kier molecular flexibility index (Phi) is 30.5. The summed E-state index contributed by atoms with van der Waals surface area (Å²) in [6, 6.07) is 39.8. The van der Waals surface area contributed by atoms with Crippen LogP contribution in [0.4, 0.5) is 0 Å². The van der Waals surface area contributed by atoms with Crippen LogP contribution >= 0.6 is 11.8 Å². The number of para-hydroxylation sites is 2. The molecule has 426 valence electrons. The number of nitrogens with one attached hydrogen (secondary N) is 4. The first-order valence-corrected chi connectivity index (χ1v) is 30.1. The first-order chi connectivity index (χ1) is 39.2. The van der Waals surface area contributed by atoms with E-state index < -0.39 is 0 Å². The Bertz CT molecular complexity index is 2350. The van der Waals surface area contributed by atoms with Gasteiger partial charge in [0.2, 0.25) is 0 Å². The summed E-state index contributed by atoms with van der Waals surface area (Å²) in [6.07, 6.45) is 19.4. The number of hydrogen-bond acceptors (Lipinski definition) is 10. The minimum atomic E-state index is 0.820. The fraction of sp³-hybridized carbons (Fsp3) is 0.415. The zero-order valence-corrected chi connectivity index (χ0v) is 49.6. The molecule has 79 heavy (non-hydrogen) atoms.